The molecule has 1 aromatic heterocycles. The number of nitrogens with one attached hydrogen (secondary N) is 1. The molecule has 0 bridgehead atoms. The highest BCUT2D eigenvalue weighted by atomic mass is 32.1. The van der Waals surface area contributed by atoms with Gasteiger partial charge in [-0.3, -0.25) is 0 Å². The summed E-state index contributed by atoms with van der Waals surface area (Å²) in [7, 11) is 0. The van der Waals surface area contributed by atoms with Gasteiger partial charge < -0.3 is 5.32 Å². The van der Waals surface area contributed by atoms with Crippen LogP contribution in [0, 0.1) is 6.92 Å². The maximum atomic E-state index is 4.49. The van der Waals surface area contributed by atoms with Gasteiger partial charge in [0, 0.05) is 17.8 Å². The number of aryl methyl sites for hydroxylation is 1. The van der Waals surface area contributed by atoms with Crippen molar-refractivity contribution in [2.75, 3.05) is 6.54 Å². The van der Waals surface area contributed by atoms with Crippen LogP contribution in [0.25, 0.3) is 0 Å². The lowest BCUT2D eigenvalue weighted by molar-refractivity contribution is 0.508. The summed E-state index contributed by atoms with van der Waals surface area (Å²) in [6.07, 6.45) is 5.17. The number of hydrogen-bond donors (Lipinski definition) is 1. The molecule has 0 aliphatic heterocycles. The predicted octanol–water partition coefficient (Wildman–Crippen LogP) is 2.94. The summed E-state index contributed by atoms with van der Waals surface area (Å²) in [5, 5.41) is 6.82. The van der Waals surface area contributed by atoms with E-state index in [4.69, 9.17) is 0 Å². The Hall–Kier alpha value is -0.670. The summed E-state index contributed by atoms with van der Waals surface area (Å²) in [6.45, 7) is 9.11. The van der Waals surface area contributed by atoms with Crippen molar-refractivity contribution in [2.24, 2.45) is 0 Å². The van der Waals surface area contributed by atoms with Crippen molar-refractivity contribution in [3.05, 3.63) is 28.7 Å². The maximum absolute atomic E-state index is 4.49. The summed E-state index contributed by atoms with van der Waals surface area (Å²) in [4.78, 5) is 4.49. The molecule has 0 amide bonds. The van der Waals surface area contributed by atoms with Gasteiger partial charge in [0.2, 0.25) is 0 Å². The second-order valence-electron chi connectivity index (χ2n) is 3.74. The fourth-order valence-electron chi connectivity index (χ4n) is 1.54. The van der Waals surface area contributed by atoms with E-state index >= 15 is 0 Å². The molecule has 0 saturated heterocycles. The van der Waals surface area contributed by atoms with Gasteiger partial charge in [-0.1, -0.05) is 13.0 Å². The molecule has 0 fully saturated rings. The molecule has 0 radical (unpaired) electrons. The first-order valence-corrected chi connectivity index (χ1v) is 6.39. The van der Waals surface area contributed by atoms with E-state index < -0.39 is 0 Å². The molecule has 15 heavy (non-hydrogen) atoms. The predicted molar refractivity (Wildman–Crippen MR) is 67.5 cm³/mol. The van der Waals surface area contributed by atoms with E-state index in [2.05, 4.69) is 36.1 Å². The lowest BCUT2D eigenvalue weighted by Crippen LogP contribution is -2.31. The van der Waals surface area contributed by atoms with Gasteiger partial charge in [-0.15, -0.1) is 17.9 Å². The standard InChI is InChI=1S/C12H20N2S/c1-4-6-11(13-7-5-2)8-12-9-15-10(3)14-12/h4,9,11,13H,1,5-8H2,2-3H3. The Labute approximate surface area is 96.4 Å². The molecular formula is C12H20N2S. The van der Waals surface area contributed by atoms with E-state index in [0.29, 0.717) is 6.04 Å². The molecule has 2 nitrogen and oxygen atoms in total. The van der Waals surface area contributed by atoms with Crippen LogP contribution in [-0.2, 0) is 6.42 Å². The third-order valence-electron chi connectivity index (χ3n) is 2.26. The molecule has 0 aromatic carbocycles. The van der Waals surface area contributed by atoms with E-state index in [9.17, 15) is 0 Å². The Balaban J connectivity index is 2.46. The molecule has 1 rings (SSSR count). The minimum atomic E-state index is 0.490. The molecule has 1 heterocycles. The first-order chi connectivity index (χ1) is 7.26. The average Bonchev–Trinajstić information content (AvgIpc) is 2.61. The van der Waals surface area contributed by atoms with Gasteiger partial charge in [-0.25, -0.2) is 4.98 Å². The lowest BCUT2D eigenvalue weighted by Gasteiger charge is -2.15. The van der Waals surface area contributed by atoms with Crippen LogP contribution in [-0.4, -0.2) is 17.6 Å². The van der Waals surface area contributed by atoms with E-state index in [0.717, 1.165) is 24.4 Å². The zero-order valence-corrected chi connectivity index (χ0v) is 10.4. The maximum Gasteiger partial charge on any atom is 0.0897 e. The summed E-state index contributed by atoms with van der Waals surface area (Å²) >= 11 is 1.72. The first kappa shape index (κ1) is 12.4. The van der Waals surface area contributed by atoms with Gasteiger partial charge >= 0.3 is 0 Å². The summed E-state index contributed by atoms with van der Waals surface area (Å²) < 4.78 is 0. The van der Waals surface area contributed by atoms with Crippen LogP contribution >= 0.6 is 11.3 Å². The molecule has 1 unspecified atom stereocenters. The average molecular weight is 224 g/mol. The van der Waals surface area contributed by atoms with Gasteiger partial charge in [-0.2, -0.15) is 0 Å². The van der Waals surface area contributed by atoms with Crippen LogP contribution in [0.4, 0.5) is 0 Å². The third-order valence-corrected chi connectivity index (χ3v) is 3.08. The highest BCUT2D eigenvalue weighted by molar-refractivity contribution is 7.09. The molecule has 0 saturated carbocycles. The van der Waals surface area contributed by atoms with E-state index in [1.54, 1.807) is 11.3 Å². The Kier molecular flexibility index (Phi) is 5.58. The number of hydrogen-bond acceptors (Lipinski definition) is 3. The van der Waals surface area contributed by atoms with Crippen LogP contribution in [0.2, 0.25) is 0 Å². The first-order valence-electron chi connectivity index (χ1n) is 5.51. The number of nitrogens with zero attached hydrogens (tertiary/aromatic N) is 1. The molecular weight excluding hydrogens is 204 g/mol. The highest BCUT2D eigenvalue weighted by Crippen LogP contribution is 2.11. The van der Waals surface area contributed by atoms with Crippen molar-refractivity contribution >= 4 is 11.3 Å². The van der Waals surface area contributed by atoms with Crippen molar-refractivity contribution in [1.82, 2.24) is 10.3 Å². The second-order valence-corrected chi connectivity index (χ2v) is 4.80. The quantitative estimate of drug-likeness (QED) is 0.720. The van der Waals surface area contributed by atoms with E-state index in [1.807, 2.05) is 6.08 Å². The summed E-state index contributed by atoms with van der Waals surface area (Å²) in [5.74, 6) is 0. The number of rotatable bonds is 7. The zero-order valence-electron chi connectivity index (χ0n) is 9.62. The normalized spacial score (nSPS) is 12.7. The van der Waals surface area contributed by atoms with Gasteiger partial charge in [0.05, 0.1) is 10.7 Å². The molecule has 1 aromatic rings. The molecule has 3 heteroatoms. The van der Waals surface area contributed by atoms with Gasteiger partial charge in [0.25, 0.3) is 0 Å². The second kappa shape index (κ2) is 6.75. The Bertz CT molecular complexity index is 294. The van der Waals surface area contributed by atoms with Crippen molar-refractivity contribution in [1.29, 1.82) is 0 Å². The highest BCUT2D eigenvalue weighted by Gasteiger charge is 2.08. The Morgan fingerprint density at radius 3 is 3.00 bits per heavy atom. The van der Waals surface area contributed by atoms with E-state index in [1.165, 1.54) is 12.1 Å². The van der Waals surface area contributed by atoms with Gasteiger partial charge in [0.1, 0.15) is 0 Å². The Morgan fingerprint density at radius 2 is 2.47 bits per heavy atom. The monoisotopic (exact) mass is 224 g/mol. The largest absolute Gasteiger partial charge is 0.313 e. The van der Waals surface area contributed by atoms with Crippen molar-refractivity contribution in [2.45, 2.75) is 39.2 Å². The van der Waals surface area contributed by atoms with Gasteiger partial charge in [-0.05, 0) is 26.3 Å². The molecule has 0 aliphatic rings. The molecule has 0 spiro atoms. The molecule has 84 valence electrons. The smallest absolute Gasteiger partial charge is 0.0897 e. The number of aromatic nitrogens is 1. The van der Waals surface area contributed by atoms with Crippen molar-refractivity contribution in [3.8, 4) is 0 Å². The fourth-order valence-corrected chi connectivity index (χ4v) is 2.17. The minimum Gasteiger partial charge on any atom is -0.313 e. The fraction of sp³-hybridized carbons (Fsp3) is 0.583. The van der Waals surface area contributed by atoms with Crippen LogP contribution < -0.4 is 5.32 Å². The molecule has 0 aliphatic carbocycles. The molecule has 1 N–H and O–H groups in total. The van der Waals surface area contributed by atoms with Crippen molar-refractivity contribution < 1.29 is 0 Å². The zero-order chi connectivity index (χ0) is 11.1. The topological polar surface area (TPSA) is 24.9 Å². The summed E-state index contributed by atoms with van der Waals surface area (Å²) in [6, 6.07) is 0.490. The molecule has 1 atom stereocenters. The number of thiazole rings is 1. The van der Waals surface area contributed by atoms with Gasteiger partial charge in [0.15, 0.2) is 0 Å². The SMILES string of the molecule is C=CCC(Cc1csc(C)n1)NCCC. The van der Waals surface area contributed by atoms with Crippen LogP contribution in [0.1, 0.15) is 30.5 Å². The van der Waals surface area contributed by atoms with Crippen LogP contribution in [0.3, 0.4) is 0 Å². The lowest BCUT2D eigenvalue weighted by atomic mass is 10.1. The third kappa shape index (κ3) is 4.58. The van der Waals surface area contributed by atoms with E-state index in [-0.39, 0.29) is 0 Å². The van der Waals surface area contributed by atoms with Crippen LogP contribution in [0.5, 0.6) is 0 Å². The van der Waals surface area contributed by atoms with Crippen molar-refractivity contribution in [3.63, 3.8) is 0 Å². The van der Waals surface area contributed by atoms with Crippen LogP contribution in [0.15, 0.2) is 18.0 Å². The summed E-state index contributed by atoms with van der Waals surface area (Å²) in [5.41, 5.74) is 1.20. The Morgan fingerprint density at radius 1 is 1.67 bits per heavy atom. The minimum absolute atomic E-state index is 0.490.